The summed E-state index contributed by atoms with van der Waals surface area (Å²) in [6, 6.07) is 3.58. The number of aryl methyl sites for hydroxylation is 1. The van der Waals surface area contributed by atoms with E-state index in [-0.39, 0.29) is 5.82 Å². The maximum atomic E-state index is 13.3. The van der Waals surface area contributed by atoms with Crippen molar-refractivity contribution in [3.63, 3.8) is 0 Å². The van der Waals surface area contributed by atoms with E-state index < -0.39 is 0 Å². The molecule has 0 aromatic carbocycles. The number of nitrogens with zero attached hydrogens (tertiary/aromatic N) is 2. The van der Waals surface area contributed by atoms with E-state index in [1.165, 1.54) is 6.20 Å². The Balaban J connectivity index is 2.31. The first-order valence-electron chi connectivity index (χ1n) is 5.01. The molecule has 2 heterocycles. The third-order valence-corrected chi connectivity index (χ3v) is 2.60. The Morgan fingerprint density at radius 2 is 2.20 bits per heavy atom. The molecule has 2 aromatic heterocycles. The maximum absolute atomic E-state index is 13.3. The molecule has 3 heteroatoms. The van der Waals surface area contributed by atoms with Crippen LogP contribution in [0.15, 0.2) is 24.4 Å². The van der Waals surface area contributed by atoms with Gasteiger partial charge in [0.25, 0.3) is 0 Å². The molecular weight excluding hydrogens is 191 g/mol. The van der Waals surface area contributed by atoms with E-state index in [1.54, 1.807) is 10.6 Å². The highest BCUT2D eigenvalue weighted by atomic mass is 19.1. The van der Waals surface area contributed by atoms with Crippen molar-refractivity contribution in [2.45, 2.75) is 13.3 Å². The number of hydrogen-bond acceptors (Lipinski definition) is 1. The lowest BCUT2D eigenvalue weighted by atomic mass is 10.1. The Morgan fingerprint density at radius 1 is 1.40 bits per heavy atom. The van der Waals surface area contributed by atoms with Crippen LogP contribution in [0.1, 0.15) is 18.2 Å². The lowest BCUT2D eigenvalue weighted by molar-refractivity contribution is 0.613. The van der Waals surface area contributed by atoms with Gasteiger partial charge in [0.05, 0.1) is 17.4 Å². The fourth-order valence-electron chi connectivity index (χ4n) is 1.74. The zero-order valence-electron chi connectivity index (χ0n) is 8.37. The van der Waals surface area contributed by atoms with Gasteiger partial charge < -0.3 is 0 Å². The van der Waals surface area contributed by atoms with Crippen LogP contribution in [0.2, 0.25) is 0 Å². The van der Waals surface area contributed by atoms with Crippen LogP contribution in [0.25, 0.3) is 11.1 Å². The van der Waals surface area contributed by atoms with Crippen LogP contribution < -0.4 is 0 Å². The summed E-state index contributed by atoms with van der Waals surface area (Å²) >= 11 is 0. The van der Waals surface area contributed by atoms with Gasteiger partial charge in [0.1, 0.15) is 5.82 Å². The molecule has 1 aliphatic rings. The van der Waals surface area contributed by atoms with Crippen LogP contribution in [-0.4, -0.2) is 9.61 Å². The highest BCUT2D eigenvalue weighted by molar-refractivity contribution is 5.93. The van der Waals surface area contributed by atoms with Crippen molar-refractivity contribution in [1.29, 1.82) is 0 Å². The first-order chi connectivity index (χ1) is 7.28. The lowest BCUT2D eigenvalue weighted by Gasteiger charge is -1.99. The first kappa shape index (κ1) is 8.65. The summed E-state index contributed by atoms with van der Waals surface area (Å²) in [5, 5.41) is 4.30. The lowest BCUT2D eigenvalue weighted by Crippen LogP contribution is -1.92. The van der Waals surface area contributed by atoms with Gasteiger partial charge >= 0.3 is 0 Å². The number of allylic oxidation sites excluding steroid dienone is 2. The Labute approximate surface area is 87.0 Å². The zero-order valence-corrected chi connectivity index (χ0v) is 8.37. The molecule has 0 bridgehead atoms. The SMILES string of the molecule is CCc1cc2c(C3=C[CH]3)cc(F)cn2n1. The third kappa shape index (κ3) is 1.35. The standard InChI is InChI=1S/C12H10FN2/c1-2-10-6-12-11(8-3-4-8)5-9(13)7-15(12)14-10/h3-7H,2H2,1H3. The molecule has 0 amide bonds. The topological polar surface area (TPSA) is 17.3 Å². The number of rotatable bonds is 2. The van der Waals surface area contributed by atoms with Gasteiger partial charge in [0.2, 0.25) is 0 Å². The molecule has 0 saturated carbocycles. The molecule has 2 nitrogen and oxygen atoms in total. The molecule has 1 aliphatic carbocycles. The van der Waals surface area contributed by atoms with Gasteiger partial charge in [-0.15, -0.1) is 0 Å². The van der Waals surface area contributed by atoms with Crippen molar-refractivity contribution >= 4 is 11.1 Å². The molecule has 3 rings (SSSR count). The van der Waals surface area contributed by atoms with Crippen molar-refractivity contribution in [3.8, 4) is 0 Å². The minimum atomic E-state index is -0.246. The van der Waals surface area contributed by atoms with Gasteiger partial charge in [-0.3, -0.25) is 0 Å². The summed E-state index contributed by atoms with van der Waals surface area (Å²) in [6.07, 6.45) is 6.24. The second-order valence-electron chi connectivity index (χ2n) is 3.68. The zero-order chi connectivity index (χ0) is 10.4. The molecule has 0 spiro atoms. The molecule has 15 heavy (non-hydrogen) atoms. The summed E-state index contributed by atoms with van der Waals surface area (Å²) in [5.74, 6) is -0.246. The van der Waals surface area contributed by atoms with Crippen LogP contribution in [0.5, 0.6) is 0 Å². The second kappa shape index (κ2) is 2.92. The van der Waals surface area contributed by atoms with Crippen LogP contribution in [-0.2, 0) is 6.42 Å². The summed E-state index contributed by atoms with van der Waals surface area (Å²) in [5.41, 5.74) is 4.00. The van der Waals surface area contributed by atoms with Gasteiger partial charge in [-0.25, -0.2) is 8.91 Å². The van der Waals surface area contributed by atoms with Gasteiger partial charge in [0.15, 0.2) is 0 Å². The van der Waals surface area contributed by atoms with Gasteiger partial charge in [-0.05, 0) is 24.1 Å². The summed E-state index contributed by atoms with van der Waals surface area (Å²) in [6.45, 7) is 2.04. The van der Waals surface area contributed by atoms with E-state index in [4.69, 9.17) is 0 Å². The molecule has 0 N–H and O–H groups in total. The van der Waals surface area contributed by atoms with E-state index in [9.17, 15) is 4.39 Å². The number of aromatic nitrogens is 2. The van der Waals surface area contributed by atoms with Gasteiger partial charge in [0, 0.05) is 12.0 Å². The number of fused-ring (bicyclic) bond motifs is 1. The van der Waals surface area contributed by atoms with Crippen molar-refractivity contribution in [2.75, 3.05) is 0 Å². The average molecular weight is 201 g/mol. The minimum absolute atomic E-state index is 0.246. The average Bonchev–Trinajstić information content (AvgIpc) is 2.97. The van der Waals surface area contributed by atoms with Crippen molar-refractivity contribution in [3.05, 3.63) is 47.9 Å². The predicted molar refractivity (Wildman–Crippen MR) is 56.8 cm³/mol. The first-order valence-corrected chi connectivity index (χ1v) is 5.01. The summed E-state index contributed by atoms with van der Waals surface area (Å²) in [4.78, 5) is 0. The monoisotopic (exact) mass is 201 g/mol. The molecule has 2 aromatic rings. The molecule has 0 aliphatic heterocycles. The minimum Gasteiger partial charge on any atom is -0.237 e. The number of pyridine rings is 1. The molecule has 0 unspecified atom stereocenters. The second-order valence-corrected chi connectivity index (χ2v) is 3.68. The number of hydrogen-bond donors (Lipinski definition) is 0. The number of halogens is 1. The third-order valence-electron chi connectivity index (χ3n) is 2.60. The van der Waals surface area contributed by atoms with Crippen LogP contribution >= 0.6 is 0 Å². The Morgan fingerprint density at radius 3 is 2.87 bits per heavy atom. The van der Waals surface area contributed by atoms with E-state index in [1.807, 2.05) is 25.5 Å². The van der Waals surface area contributed by atoms with E-state index in [2.05, 4.69) is 5.10 Å². The maximum Gasteiger partial charge on any atom is 0.142 e. The Kier molecular flexibility index (Phi) is 1.69. The predicted octanol–water partition coefficient (Wildman–Crippen LogP) is 2.64. The smallest absolute Gasteiger partial charge is 0.142 e. The van der Waals surface area contributed by atoms with E-state index >= 15 is 0 Å². The van der Waals surface area contributed by atoms with Gasteiger partial charge in [-0.1, -0.05) is 13.0 Å². The normalized spacial score (nSPS) is 14.4. The highest BCUT2D eigenvalue weighted by Gasteiger charge is 2.16. The van der Waals surface area contributed by atoms with Crippen molar-refractivity contribution in [1.82, 2.24) is 9.61 Å². The van der Waals surface area contributed by atoms with E-state index in [0.717, 1.165) is 28.8 Å². The molecule has 0 atom stereocenters. The molecular formula is C12H10FN2. The van der Waals surface area contributed by atoms with Gasteiger partial charge in [-0.2, -0.15) is 5.10 Å². The molecule has 1 radical (unpaired) electrons. The van der Waals surface area contributed by atoms with Crippen LogP contribution in [0.3, 0.4) is 0 Å². The summed E-state index contributed by atoms with van der Waals surface area (Å²) < 4.78 is 14.9. The fraction of sp³-hybridized carbons (Fsp3) is 0.167. The van der Waals surface area contributed by atoms with Crippen LogP contribution in [0, 0.1) is 12.2 Å². The Bertz CT molecular complexity index is 566. The molecule has 0 fully saturated rings. The van der Waals surface area contributed by atoms with E-state index in [0.29, 0.717) is 0 Å². The summed E-state index contributed by atoms with van der Waals surface area (Å²) in [7, 11) is 0. The quantitative estimate of drug-likeness (QED) is 0.730. The van der Waals surface area contributed by atoms with Crippen molar-refractivity contribution < 1.29 is 4.39 Å². The molecule has 75 valence electrons. The van der Waals surface area contributed by atoms with Crippen molar-refractivity contribution in [2.24, 2.45) is 0 Å². The highest BCUT2D eigenvalue weighted by Crippen LogP contribution is 2.33. The molecule has 0 saturated heterocycles. The fourth-order valence-corrected chi connectivity index (χ4v) is 1.74. The van der Waals surface area contributed by atoms with Crippen LogP contribution in [0.4, 0.5) is 4.39 Å². The largest absolute Gasteiger partial charge is 0.237 e. The Hall–Kier alpha value is -1.64.